The molecule has 0 fully saturated rings. The average molecular weight is 390 g/mol. The SMILES string of the molecule is C[C@H](NC(=O)C(=O)NCc1cc(Cl)n(C)n1)c1ccc(C(F)(F)F)nc1. The highest BCUT2D eigenvalue weighted by Crippen LogP contribution is 2.27. The van der Waals surface area contributed by atoms with Crippen LogP contribution in [0, 0.1) is 0 Å². The van der Waals surface area contributed by atoms with Gasteiger partial charge in [-0.1, -0.05) is 17.7 Å². The van der Waals surface area contributed by atoms with Gasteiger partial charge in [-0.2, -0.15) is 18.3 Å². The molecule has 0 aliphatic heterocycles. The van der Waals surface area contributed by atoms with Crippen LogP contribution in [0.4, 0.5) is 13.2 Å². The van der Waals surface area contributed by atoms with E-state index in [1.54, 1.807) is 7.05 Å². The van der Waals surface area contributed by atoms with Crippen molar-refractivity contribution >= 4 is 23.4 Å². The molecule has 2 N–H and O–H groups in total. The molecule has 2 amide bonds. The number of halogens is 4. The highest BCUT2D eigenvalue weighted by molar-refractivity contribution is 6.35. The predicted molar refractivity (Wildman–Crippen MR) is 85.9 cm³/mol. The zero-order valence-corrected chi connectivity index (χ0v) is 14.5. The van der Waals surface area contributed by atoms with Gasteiger partial charge >= 0.3 is 18.0 Å². The van der Waals surface area contributed by atoms with E-state index in [1.807, 2.05) is 0 Å². The van der Waals surface area contributed by atoms with Crippen molar-refractivity contribution in [1.82, 2.24) is 25.4 Å². The minimum atomic E-state index is -4.54. The van der Waals surface area contributed by atoms with Gasteiger partial charge in [0.15, 0.2) is 0 Å². The van der Waals surface area contributed by atoms with Crippen LogP contribution < -0.4 is 10.6 Å². The van der Waals surface area contributed by atoms with E-state index in [0.717, 1.165) is 12.3 Å². The molecule has 1 atom stereocenters. The third-order valence-electron chi connectivity index (χ3n) is 3.43. The van der Waals surface area contributed by atoms with Crippen LogP contribution in [-0.4, -0.2) is 26.6 Å². The quantitative estimate of drug-likeness (QED) is 0.783. The van der Waals surface area contributed by atoms with E-state index in [9.17, 15) is 22.8 Å². The molecule has 2 aromatic rings. The van der Waals surface area contributed by atoms with Gasteiger partial charge in [-0.15, -0.1) is 0 Å². The zero-order chi connectivity index (χ0) is 19.5. The minimum absolute atomic E-state index is 0.00301. The number of amides is 2. The molecule has 0 bridgehead atoms. The molecule has 2 heterocycles. The summed E-state index contributed by atoms with van der Waals surface area (Å²) in [4.78, 5) is 27.0. The van der Waals surface area contributed by atoms with Crippen molar-refractivity contribution in [1.29, 1.82) is 0 Å². The van der Waals surface area contributed by atoms with Gasteiger partial charge in [-0.3, -0.25) is 19.3 Å². The molecule has 26 heavy (non-hydrogen) atoms. The maximum Gasteiger partial charge on any atom is 0.433 e. The van der Waals surface area contributed by atoms with Gasteiger partial charge in [0.2, 0.25) is 0 Å². The summed E-state index contributed by atoms with van der Waals surface area (Å²) in [5.41, 5.74) is -0.235. The van der Waals surface area contributed by atoms with Crippen LogP contribution in [0.2, 0.25) is 5.15 Å². The number of alkyl halides is 3. The summed E-state index contributed by atoms with van der Waals surface area (Å²) < 4.78 is 38.9. The highest BCUT2D eigenvalue weighted by Gasteiger charge is 2.32. The number of hydrogen-bond donors (Lipinski definition) is 2. The molecule has 0 aliphatic rings. The topological polar surface area (TPSA) is 88.9 Å². The molecule has 7 nitrogen and oxygen atoms in total. The number of aromatic nitrogens is 3. The number of hydrogen-bond acceptors (Lipinski definition) is 4. The lowest BCUT2D eigenvalue weighted by Crippen LogP contribution is -2.40. The van der Waals surface area contributed by atoms with Gasteiger partial charge in [0.05, 0.1) is 18.3 Å². The summed E-state index contributed by atoms with van der Waals surface area (Å²) in [7, 11) is 1.63. The Labute approximate surface area is 151 Å². The lowest BCUT2D eigenvalue weighted by atomic mass is 10.1. The third-order valence-corrected chi connectivity index (χ3v) is 3.79. The summed E-state index contributed by atoms with van der Waals surface area (Å²) in [5, 5.41) is 9.15. The van der Waals surface area contributed by atoms with Crippen LogP contribution in [0.15, 0.2) is 24.4 Å². The Hall–Kier alpha value is -2.62. The van der Waals surface area contributed by atoms with Crippen molar-refractivity contribution in [2.75, 3.05) is 0 Å². The Kier molecular flexibility index (Phi) is 5.86. The molecule has 0 spiro atoms. The summed E-state index contributed by atoms with van der Waals surface area (Å²) >= 11 is 5.82. The van der Waals surface area contributed by atoms with Gasteiger partial charge in [-0.05, 0) is 18.6 Å². The van der Waals surface area contributed by atoms with Crippen molar-refractivity contribution in [3.63, 3.8) is 0 Å². The van der Waals surface area contributed by atoms with Gasteiger partial charge in [0.25, 0.3) is 0 Å². The number of carbonyl (C=O) groups is 2. The monoisotopic (exact) mass is 389 g/mol. The summed E-state index contributed by atoms with van der Waals surface area (Å²) in [6, 6.07) is 2.83. The smallest absolute Gasteiger partial charge is 0.342 e. The second-order valence-corrected chi connectivity index (χ2v) is 5.82. The molecule has 0 saturated carbocycles. The van der Waals surface area contributed by atoms with Crippen LogP contribution in [0.3, 0.4) is 0 Å². The molecule has 2 aromatic heterocycles. The van der Waals surface area contributed by atoms with E-state index in [-0.39, 0.29) is 6.54 Å². The zero-order valence-electron chi connectivity index (χ0n) is 13.8. The average Bonchev–Trinajstić information content (AvgIpc) is 2.90. The normalized spacial score (nSPS) is 12.5. The van der Waals surface area contributed by atoms with Crippen LogP contribution in [0.1, 0.15) is 29.9 Å². The number of pyridine rings is 1. The molecule has 2 rings (SSSR count). The standard InChI is InChI=1S/C15H15ClF3N5O2/c1-8(9-3-4-11(20-6-9)15(17,18)19)22-14(26)13(25)21-7-10-5-12(16)24(2)23-10/h3-6,8H,7H2,1-2H3,(H,21,25)(H,22,26)/t8-/m0/s1. The van der Waals surface area contributed by atoms with E-state index in [0.29, 0.717) is 16.4 Å². The fourth-order valence-corrected chi connectivity index (χ4v) is 2.18. The largest absolute Gasteiger partial charge is 0.433 e. The van der Waals surface area contributed by atoms with Crippen LogP contribution in [0.25, 0.3) is 0 Å². The minimum Gasteiger partial charge on any atom is -0.342 e. The lowest BCUT2D eigenvalue weighted by Gasteiger charge is -2.14. The van der Waals surface area contributed by atoms with Crippen molar-refractivity contribution in [2.45, 2.75) is 25.7 Å². The lowest BCUT2D eigenvalue weighted by molar-refractivity contribution is -0.141. The van der Waals surface area contributed by atoms with Crippen LogP contribution in [0.5, 0.6) is 0 Å². The molecule has 11 heteroatoms. The highest BCUT2D eigenvalue weighted by atomic mass is 35.5. The summed E-state index contributed by atoms with van der Waals surface area (Å²) in [5.74, 6) is -1.84. The molecular weight excluding hydrogens is 375 g/mol. The first-order valence-corrected chi connectivity index (χ1v) is 7.76. The molecule has 0 aromatic carbocycles. The van der Waals surface area contributed by atoms with E-state index in [4.69, 9.17) is 11.6 Å². The molecule has 0 radical (unpaired) electrons. The summed E-state index contributed by atoms with van der Waals surface area (Å²) in [6.07, 6.45) is -3.54. The number of aryl methyl sites for hydroxylation is 1. The first-order chi connectivity index (χ1) is 12.1. The molecular formula is C15H15ClF3N5O2. The van der Waals surface area contributed by atoms with Gasteiger partial charge in [0, 0.05) is 19.3 Å². The number of nitrogens with zero attached hydrogens (tertiary/aromatic N) is 3. The van der Waals surface area contributed by atoms with Crippen molar-refractivity contribution in [3.05, 3.63) is 46.5 Å². The predicted octanol–water partition coefficient (Wildman–Crippen LogP) is 1.98. The van der Waals surface area contributed by atoms with E-state index in [2.05, 4.69) is 20.7 Å². The van der Waals surface area contributed by atoms with Crippen molar-refractivity contribution in [3.8, 4) is 0 Å². The Balaban J connectivity index is 1.90. The molecule has 0 aliphatic carbocycles. The van der Waals surface area contributed by atoms with Gasteiger partial charge in [-0.25, -0.2) is 0 Å². The first kappa shape index (κ1) is 19.7. The van der Waals surface area contributed by atoms with Crippen molar-refractivity contribution < 1.29 is 22.8 Å². The van der Waals surface area contributed by atoms with Gasteiger partial charge in [0.1, 0.15) is 10.8 Å². The first-order valence-electron chi connectivity index (χ1n) is 7.38. The fourth-order valence-electron chi connectivity index (χ4n) is 2.01. The van der Waals surface area contributed by atoms with Crippen LogP contribution >= 0.6 is 11.6 Å². The van der Waals surface area contributed by atoms with Gasteiger partial charge < -0.3 is 10.6 Å². The number of carbonyl (C=O) groups excluding carboxylic acids is 2. The van der Waals surface area contributed by atoms with E-state index >= 15 is 0 Å². The summed E-state index contributed by atoms with van der Waals surface area (Å²) in [6.45, 7) is 1.52. The molecule has 140 valence electrons. The molecule has 0 unspecified atom stereocenters. The number of rotatable bonds is 4. The Morgan fingerprint density at radius 3 is 2.50 bits per heavy atom. The Morgan fingerprint density at radius 2 is 2.00 bits per heavy atom. The second-order valence-electron chi connectivity index (χ2n) is 5.43. The van der Waals surface area contributed by atoms with Crippen LogP contribution in [-0.2, 0) is 29.4 Å². The maximum absolute atomic E-state index is 12.5. The van der Waals surface area contributed by atoms with E-state index < -0.39 is 29.7 Å². The van der Waals surface area contributed by atoms with E-state index in [1.165, 1.54) is 23.7 Å². The second kappa shape index (κ2) is 7.73. The number of nitrogens with one attached hydrogen (secondary N) is 2. The Morgan fingerprint density at radius 1 is 1.31 bits per heavy atom. The fraction of sp³-hybridized carbons (Fsp3) is 0.333. The van der Waals surface area contributed by atoms with Crippen molar-refractivity contribution in [2.24, 2.45) is 7.05 Å². The third kappa shape index (κ3) is 4.94. The Bertz CT molecular complexity index is 785. The maximum atomic E-state index is 12.5. The molecule has 0 saturated heterocycles.